The molecular weight excluding hydrogens is 372 g/mol. The van der Waals surface area contributed by atoms with E-state index in [1.807, 2.05) is 12.1 Å². The third-order valence-electron chi connectivity index (χ3n) is 5.55. The summed E-state index contributed by atoms with van der Waals surface area (Å²) in [5.74, 6) is 0. The molecule has 0 saturated heterocycles. The van der Waals surface area contributed by atoms with Crippen LogP contribution < -0.4 is 0 Å². The molecule has 0 unspecified atom stereocenters. The molecule has 0 amide bonds. The number of halogens is 1. The van der Waals surface area contributed by atoms with Crippen LogP contribution in [-0.4, -0.2) is 9.91 Å². The van der Waals surface area contributed by atoms with E-state index in [0.29, 0.717) is 0 Å². The number of hydrogen-bond acceptors (Lipinski definition) is 3. The molecule has 5 heteroatoms. The molecule has 1 heterocycles. The minimum atomic E-state index is -0.362. The molecule has 1 aromatic heterocycles. The standard InChI is InChI=1S/C23H18N2O2.ClH/c26-25(27)17-12-9-16(10-13-17)23-20-8-4-3-7-19(20)22-18-6-2-1-5-15(18)11-14-21(22)24-23;/h1-2,5-6,9-14H,3-4,7-8H2;1H. The van der Waals surface area contributed by atoms with Crippen LogP contribution in [0.4, 0.5) is 5.69 Å². The normalized spacial score (nSPS) is 13.1. The number of fused-ring (bicyclic) bond motifs is 5. The van der Waals surface area contributed by atoms with Crippen LogP contribution in [0.15, 0.2) is 60.7 Å². The van der Waals surface area contributed by atoms with Gasteiger partial charge >= 0.3 is 0 Å². The molecule has 0 N–H and O–H groups in total. The lowest BCUT2D eigenvalue weighted by Gasteiger charge is -2.22. The molecule has 1 aliphatic carbocycles. The summed E-state index contributed by atoms with van der Waals surface area (Å²) in [5.41, 5.74) is 5.74. The van der Waals surface area contributed by atoms with Gasteiger partial charge in [0.2, 0.25) is 0 Å². The molecule has 0 fully saturated rings. The van der Waals surface area contributed by atoms with E-state index in [4.69, 9.17) is 4.98 Å². The van der Waals surface area contributed by atoms with Crippen LogP contribution in [0.25, 0.3) is 32.9 Å². The van der Waals surface area contributed by atoms with Crippen LogP contribution in [0.1, 0.15) is 24.0 Å². The smallest absolute Gasteiger partial charge is 0.258 e. The van der Waals surface area contributed by atoms with Gasteiger partial charge in [0.1, 0.15) is 0 Å². The molecular formula is C23H19ClN2O2. The highest BCUT2D eigenvalue weighted by molar-refractivity contribution is 6.09. The minimum absolute atomic E-state index is 0. The van der Waals surface area contributed by atoms with Gasteiger partial charge in [-0.3, -0.25) is 10.1 Å². The summed E-state index contributed by atoms with van der Waals surface area (Å²) in [4.78, 5) is 15.6. The Balaban J connectivity index is 0.00000192. The summed E-state index contributed by atoms with van der Waals surface area (Å²) < 4.78 is 0. The van der Waals surface area contributed by atoms with E-state index < -0.39 is 0 Å². The van der Waals surface area contributed by atoms with Crippen molar-refractivity contribution in [3.05, 3.63) is 81.9 Å². The zero-order valence-electron chi connectivity index (χ0n) is 15.2. The van der Waals surface area contributed by atoms with Crippen LogP contribution in [0, 0.1) is 10.1 Å². The molecule has 0 atom stereocenters. The number of rotatable bonds is 2. The van der Waals surface area contributed by atoms with Crippen LogP contribution in [0.3, 0.4) is 0 Å². The van der Waals surface area contributed by atoms with E-state index in [2.05, 4.69) is 36.4 Å². The van der Waals surface area contributed by atoms with Gasteiger partial charge in [-0.25, -0.2) is 4.98 Å². The number of nitro benzene ring substituents is 1. The third kappa shape index (κ3) is 2.90. The molecule has 3 aromatic carbocycles. The Bertz CT molecular complexity index is 1200. The van der Waals surface area contributed by atoms with Crippen molar-refractivity contribution in [3.8, 4) is 11.3 Å². The SMILES string of the molecule is Cl.O=[N+]([O-])c1ccc(-c2nc3ccc4ccccc4c3c3c2CCCC3)cc1. The Morgan fingerprint density at radius 3 is 2.32 bits per heavy atom. The summed E-state index contributed by atoms with van der Waals surface area (Å²) in [5, 5.41) is 14.7. The van der Waals surface area contributed by atoms with Crippen molar-refractivity contribution in [2.24, 2.45) is 0 Å². The molecule has 0 bridgehead atoms. The zero-order valence-corrected chi connectivity index (χ0v) is 16.0. The quantitative estimate of drug-likeness (QED) is 0.230. The molecule has 4 aromatic rings. The van der Waals surface area contributed by atoms with E-state index in [1.165, 1.54) is 33.7 Å². The number of nitrogens with zero attached hydrogens (tertiary/aromatic N) is 2. The predicted molar refractivity (Wildman–Crippen MR) is 115 cm³/mol. The summed E-state index contributed by atoms with van der Waals surface area (Å²) in [7, 11) is 0. The number of non-ortho nitro benzene ring substituents is 1. The van der Waals surface area contributed by atoms with Crippen molar-refractivity contribution < 1.29 is 4.92 Å². The van der Waals surface area contributed by atoms with Crippen LogP contribution >= 0.6 is 12.4 Å². The van der Waals surface area contributed by atoms with E-state index in [9.17, 15) is 10.1 Å². The van der Waals surface area contributed by atoms with Gasteiger partial charge in [0, 0.05) is 23.1 Å². The first-order valence-corrected chi connectivity index (χ1v) is 9.30. The lowest BCUT2D eigenvalue weighted by molar-refractivity contribution is -0.384. The van der Waals surface area contributed by atoms with Gasteiger partial charge in [-0.05, 0) is 65.8 Å². The summed E-state index contributed by atoms with van der Waals surface area (Å²) in [6.45, 7) is 0. The van der Waals surface area contributed by atoms with E-state index in [-0.39, 0.29) is 23.0 Å². The highest BCUT2D eigenvalue weighted by Crippen LogP contribution is 2.38. The van der Waals surface area contributed by atoms with Gasteiger partial charge in [-0.2, -0.15) is 0 Å². The summed E-state index contributed by atoms with van der Waals surface area (Å²) in [6.07, 6.45) is 4.41. The predicted octanol–water partition coefficient (Wildman–Crippen LogP) is 6.26. The Morgan fingerprint density at radius 1 is 0.857 bits per heavy atom. The minimum Gasteiger partial charge on any atom is -0.258 e. The van der Waals surface area contributed by atoms with Crippen LogP contribution in [-0.2, 0) is 12.8 Å². The second-order valence-corrected chi connectivity index (χ2v) is 7.11. The van der Waals surface area contributed by atoms with Gasteiger partial charge in [0.15, 0.2) is 0 Å². The Kier molecular flexibility index (Phi) is 4.73. The largest absolute Gasteiger partial charge is 0.269 e. The average Bonchev–Trinajstić information content (AvgIpc) is 2.73. The first-order valence-electron chi connectivity index (χ1n) is 9.30. The molecule has 1 aliphatic rings. The van der Waals surface area contributed by atoms with Gasteiger partial charge in [-0.1, -0.05) is 30.3 Å². The second-order valence-electron chi connectivity index (χ2n) is 7.11. The number of benzene rings is 3. The summed E-state index contributed by atoms with van der Waals surface area (Å²) in [6, 6.07) is 19.5. The lowest BCUT2D eigenvalue weighted by Crippen LogP contribution is -2.08. The number of nitro groups is 1. The Labute approximate surface area is 168 Å². The van der Waals surface area contributed by atoms with Gasteiger partial charge in [0.25, 0.3) is 5.69 Å². The van der Waals surface area contributed by atoms with Crippen LogP contribution in [0.5, 0.6) is 0 Å². The topological polar surface area (TPSA) is 56.0 Å². The van der Waals surface area contributed by atoms with E-state index in [1.54, 1.807) is 12.1 Å². The average molecular weight is 391 g/mol. The van der Waals surface area contributed by atoms with Crippen molar-refractivity contribution in [3.63, 3.8) is 0 Å². The third-order valence-corrected chi connectivity index (χ3v) is 5.55. The number of aryl methyl sites for hydroxylation is 1. The van der Waals surface area contributed by atoms with Crippen molar-refractivity contribution in [2.75, 3.05) is 0 Å². The number of aromatic nitrogens is 1. The maximum Gasteiger partial charge on any atom is 0.269 e. The lowest BCUT2D eigenvalue weighted by atomic mass is 9.85. The maximum absolute atomic E-state index is 11.0. The first kappa shape index (κ1) is 18.4. The molecule has 0 aliphatic heterocycles. The van der Waals surface area contributed by atoms with Gasteiger partial charge < -0.3 is 0 Å². The molecule has 0 spiro atoms. The van der Waals surface area contributed by atoms with E-state index >= 15 is 0 Å². The Morgan fingerprint density at radius 2 is 1.57 bits per heavy atom. The van der Waals surface area contributed by atoms with E-state index in [0.717, 1.165) is 36.0 Å². The molecule has 4 nitrogen and oxygen atoms in total. The molecule has 0 radical (unpaired) electrons. The monoisotopic (exact) mass is 390 g/mol. The van der Waals surface area contributed by atoms with Crippen LogP contribution in [0.2, 0.25) is 0 Å². The maximum atomic E-state index is 11.0. The molecule has 28 heavy (non-hydrogen) atoms. The summed E-state index contributed by atoms with van der Waals surface area (Å²) >= 11 is 0. The first-order chi connectivity index (χ1) is 13.2. The second kappa shape index (κ2) is 7.21. The van der Waals surface area contributed by atoms with Crippen molar-refractivity contribution >= 4 is 39.8 Å². The zero-order chi connectivity index (χ0) is 18.4. The van der Waals surface area contributed by atoms with Crippen molar-refractivity contribution in [2.45, 2.75) is 25.7 Å². The Hall–Kier alpha value is -2.98. The van der Waals surface area contributed by atoms with Crippen molar-refractivity contribution in [1.82, 2.24) is 4.98 Å². The van der Waals surface area contributed by atoms with Gasteiger partial charge in [-0.15, -0.1) is 12.4 Å². The van der Waals surface area contributed by atoms with Crippen molar-refractivity contribution in [1.29, 1.82) is 0 Å². The number of hydrogen-bond donors (Lipinski definition) is 0. The molecule has 0 saturated carbocycles. The fourth-order valence-electron chi connectivity index (χ4n) is 4.28. The van der Waals surface area contributed by atoms with Gasteiger partial charge in [0.05, 0.1) is 16.1 Å². The fraction of sp³-hybridized carbons (Fsp3) is 0.174. The molecule has 5 rings (SSSR count). The molecule has 140 valence electrons. The highest BCUT2D eigenvalue weighted by atomic mass is 35.5. The highest BCUT2D eigenvalue weighted by Gasteiger charge is 2.21. The fourth-order valence-corrected chi connectivity index (χ4v) is 4.28. The number of pyridine rings is 1.